The molecule has 370 valence electrons. The van der Waals surface area contributed by atoms with Crippen LogP contribution in [0, 0.1) is 17.8 Å². The fourth-order valence-electron chi connectivity index (χ4n) is 6.03. The van der Waals surface area contributed by atoms with Gasteiger partial charge in [-0.3, -0.25) is 43.2 Å². The molecule has 1 rings (SSSR count). The Bertz CT molecular complexity index is 1780. The number of carbonyl (C=O) groups is 10. The second-order valence-corrected chi connectivity index (χ2v) is 16.6. The number of nitrogens with two attached hydrogens (primary N) is 1. The first-order chi connectivity index (χ1) is 30.9. The number of hydrogen-bond acceptors (Lipinski definition) is 11. The summed E-state index contributed by atoms with van der Waals surface area (Å²) in [4.78, 5) is 127. The van der Waals surface area contributed by atoms with Crippen molar-refractivity contribution >= 4 is 59.1 Å². The molecule has 0 aliphatic rings. The molecule has 21 heteroatoms. The van der Waals surface area contributed by atoms with Gasteiger partial charge in [0.2, 0.25) is 53.2 Å². The zero-order valence-electron chi connectivity index (χ0n) is 40.1. The minimum absolute atomic E-state index is 0.0153. The number of aliphatic carboxylic acids is 1. The van der Waals surface area contributed by atoms with Gasteiger partial charge in [0.15, 0.2) is 0 Å². The molecule has 0 aromatic heterocycles. The average Bonchev–Trinajstić information content (AvgIpc) is 3.24. The Morgan fingerprint density at radius 2 is 1.09 bits per heavy atom. The van der Waals surface area contributed by atoms with Crippen molar-refractivity contribution in [2.45, 2.75) is 119 Å². The normalized spacial score (nSPS) is 13.2. The highest BCUT2D eigenvalue weighted by molar-refractivity contribution is 6.00. The fraction of sp³-hybridized carbons (Fsp3) is 0.600. The largest absolute Gasteiger partial charge is 0.480 e. The molecule has 21 nitrogen and oxygen atoms in total. The van der Waals surface area contributed by atoms with Crippen molar-refractivity contribution in [2.75, 3.05) is 39.3 Å². The van der Waals surface area contributed by atoms with Crippen molar-refractivity contribution in [3.05, 3.63) is 48.0 Å². The topological polar surface area (TPSA) is 316 Å². The van der Waals surface area contributed by atoms with Gasteiger partial charge in [-0.15, -0.1) is 0 Å². The van der Waals surface area contributed by atoms with E-state index in [4.69, 9.17) is 5.73 Å². The number of hydrogen-bond donors (Lipinski definition) is 10. The van der Waals surface area contributed by atoms with Gasteiger partial charge in [-0.25, -0.2) is 4.79 Å². The maximum Gasteiger partial charge on any atom is 0.326 e. The molecule has 0 heterocycles. The zero-order valence-corrected chi connectivity index (χ0v) is 40.1. The van der Waals surface area contributed by atoms with E-state index in [1.165, 1.54) is 26.6 Å². The summed E-state index contributed by atoms with van der Waals surface area (Å²) in [7, 11) is 0. The molecule has 1 aromatic carbocycles. The summed E-state index contributed by atoms with van der Waals surface area (Å²) >= 11 is 0. The molecule has 0 unspecified atom stereocenters. The summed E-state index contributed by atoms with van der Waals surface area (Å²) in [6.07, 6.45) is 1.84. The van der Waals surface area contributed by atoms with E-state index >= 15 is 0 Å². The van der Waals surface area contributed by atoms with Crippen molar-refractivity contribution in [1.29, 1.82) is 0 Å². The van der Waals surface area contributed by atoms with Crippen molar-refractivity contribution in [3.8, 4) is 0 Å². The molecule has 0 radical (unpaired) electrons. The lowest BCUT2D eigenvalue weighted by molar-refractivity contribution is -0.141. The summed E-state index contributed by atoms with van der Waals surface area (Å²) in [5.41, 5.74) is 6.13. The van der Waals surface area contributed by atoms with Crippen molar-refractivity contribution in [3.63, 3.8) is 0 Å². The molecular formula is C45H74N10O11. The highest BCUT2D eigenvalue weighted by atomic mass is 16.4. The minimum Gasteiger partial charge on any atom is -0.480 e. The maximum absolute atomic E-state index is 13.6. The molecule has 11 N–H and O–H groups in total. The quantitative estimate of drug-likeness (QED) is 0.0464. The molecule has 66 heavy (non-hydrogen) atoms. The summed E-state index contributed by atoms with van der Waals surface area (Å²) in [5.74, 6) is -8.74. The fourth-order valence-corrected chi connectivity index (χ4v) is 6.03. The van der Waals surface area contributed by atoms with Crippen LogP contribution < -0.4 is 48.3 Å². The predicted molar refractivity (Wildman–Crippen MR) is 248 cm³/mol. The number of nitrogens with one attached hydrogen (secondary N) is 8. The number of carbonyl (C=O) groups excluding carboxylic acids is 9. The number of rotatable bonds is 28. The van der Waals surface area contributed by atoms with Crippen LogP contribution in [0.25, 0.3) is 0 Å². The van der Waals surface area contributed by atoms with Crippen LogP contribution in [0.5, 0.6) is 0 Å². The van der Waals surface area contributed by atoms with Crippen LogP contribution in [-0.2, 0) is 54.4 Å². The second kappa shape index (κ2) is 32.3. The summed E-state index contributed by atoms with van der Waals surface area (Å²) < 4.78 is 0. The maximum atomic E-state index is 13.6. The number of carboxylic acids is 1. The number of benzene rings is 1. The molecule has 0 saturated carbocycles. The molecular weight excluding hydrogens is 857 g/mol. The third-order valence-corrected chi connectivity index (χ3v) is 9.65. The van der Waals surface area contributed by atoms with Crippen LogP contribution in [0.1, 0.15) is 87.6 Å². The van der Waals surface area contributed by atoms with Gasteiger partial charge >= 0.3 is 5.97 Å². The van der Waals surface area contributed by atoms with E-state index in [9.17, 15) is 53.1 Å². The first-order valence-electron chi connectivity index (χ1n) is 22.2. The Morgan fingerprint density at radius 1 is 0.606 bits per heavy atom. The van der Waals surface area contributed by atoms with Gasteiger partial charge < -0.3 is 58.3 Å². The van der Waals surface area contributed by atoms with E-state index in [0.29, 0.717) is 5.56 Å². The first kappa shape index (κ1) is 59.6. The van der Waals surface area contributed by atoms with Gasteiger partial charge in [0.1, 0.15) is 30.2 Å². The van der Waals surface area contributed by atoms with Gasteiger partial charge in [0.05, 0.1) is 13.1 Å². The SMILES string of the molecule is CC(=O)NC[C@H](NC(=O)/C=C/C(=O)NCC(=O)NCC(=O)N[C@@H](Cc1ccccc1)C(=O)O)C(=O)N[C@@H](CC(C)C)C(=O)N[C@@H](CC(C)C)C(=O)N[C@H](C(N)=O)C(C)C.CCN(CC)CC. The molecule has 0 spiro atoms. The van der Waals surface area contributed by atoms with Gasteiger partial charge in [-0.05, 0) is 55.8 Å². The molecule has 1 aromatic rings. The Hall–Kier alpha value is -6.38. The number of amides is 9. The monoisotopic (exact) mass is 931 g/mol. The van der Waals surface area contributed by atoms with Crippen LogP contribution in [0.15, 0.2) is 42.5 Å². The van der Waals surface area contributed by atoms with Crippen molar-refractivity contribution < 1.29 is 53.1 Å². The Labute approximate surface area is 388 Å². The Balaban J connectivity index is 0.00000554. The zero-order chi connectivity index (χ0) is 50.5. The molecule has 0 fully saturated rings. The summed E-state index contributed by atoms with van der Waals surface area (Å²) in [6, 6.07) is 2.63. The summed E-state index contributed by atoms with van der Waals surface area (Å²) in [5, 5.41) is 28.8. The van der Waals surface area contributed by atoms with Crippen LogP contribution in [0.2, 0.25) is 0 Å². The van der Waals surface area contributed by atoms with Gasteiger partial charge in [0.25, 0.3) is 0 Å². The number of nitrogens with zero attached hydrogens (tertiary/aromatic N) is 1. The predicted octanol–water partition coefficient (Wildman–Crippen LogP) is -0.756. The van der Waals surface area contributed by atoms with Crippen LogP contribution in [0.3, 0.4) is 0 Å². The second-order valence-electron chi connectivity index (χ2n) is 16.6. The minimum atomic E-state index is -1.44. The van der Waals surface area contributed by atoms with E-state index in [0.717, 1.165) is 12.2 Å². The molecule has 0 aliphatic carbocycles. The van der Waals surface area contributed by atoms with E-state index < -0.39 is 109 Å². The average molecular weight is 931 g/mol. The third kappa shape index (κ3) is 26.4. The number of carboxylic acid groups (broad SMARTS) is 1. The molecule has 0 bridgehead atoms. The standard InChI is InChI=1S/C39H59N9O11.C6H15N/c1-21(2)15-26(36(55)46-27(16-22(3)4)37(56)48-34(23(5)6)35(40)54)47-38(57)29(18-41-24(7)49)45-31(51)14-13-30(50)42-19-32(52)43-20-33(53)44-28(39(58)59)17-25-11-9-8-10-12-25;1-4-7(5-2)6-3/h8-14,21-23,26-29,34H,15-20H2,1-7H3,(H2,40,54)(H,41,49)(H,42,50)(H,43,52)(H,44,53)(H,45,51)(H,46,55)(H,47,57)(H,48,56)(H,58,59);4-6H2,1-3H3/b14-13+;/t26-,27-,28-,29-,34-;/m0./s1. The highest BCUT2D eigenvalue weighted by Gasteiger charge is 2.32. The van der Waals surface area contributed by atoms with Crippen molar-refractivity contribution in [1.82, 2.24) is 47.4 Å². The highest BCUT2D eigenvalue weighted by Crippen LogP contribution is 2.11. The molecule has 9 amide bonds. The van der Waals surface area contributed by atoms with Crippen molar-refractivity contribution in [2.24, 2.45) is 23.5 Å². The third-order valence-electron chi connectivity index (χ3n) is 9.65. The smallest absolute Gasteiger partial charge is 0.326 e. The van der Waals surface area contributed by atoms with E-state index in [-0.39, 0.29) is 37.0 Å². The molecule has 0 aliphatic heterocycles. The lowest BCUT2D eigenvalue weighted by atomic mass is 9.98. The van der Waals surface area contributed by atoms with Gasteiger partial charge in [-0.1, -0.05) is 92.6 Å². The van der Waals surface area contributed by atoms with E-state index in [1.807, 2.05) is 13.8 Å². The van der Waals surface area contributed by atoms with E-state index in [1.54, 1.807) is 58.0 Å². The van der Waals surface area contributed by atoms with Crippen LogP contribution in [0.4, 0.5) is 0 Å². The van der Waals surface area contributed by atoms with Crippen LogP contribution >= 0.6 is 0 Å². The van der Waals surface area contributed by atoms with Gasteiger partial charge in [-0.2, -0.15) is 0 Å². The number of primary amides is 1. The first-order valence-corrected chi connectivity index (χ1v) is 22.2. The Morgan fingerprint density at radius 3 is 1.53 bits per heavy atom. The Kier molecular flexibility index (Phi) is 29.2. The summed E-state index contributed by atoms with van der Waals surface area (Å²) in [6.45, 7) is 20.4. The lowest BCUT2D eigenvalue weighted by Crippen LogP contribution is -2.60. The van der Waals surface area contributed by atoms with Gasteiger partial charge in [0, 0.05) is 32.0 Å². The van der Waals surface area contributed by atoms with Crippen LogP contribution in [-0.4, -0.2) is 139 Å². The van der Waals surface area contributed by atoms with E-state index in [2.05, 4.69) is 68.2 Å². The lowest BCUT2D eigenvalue weighted by Gasteiger charge is -2.28. The molecule has 5 atom stereocenters. The molecule has 0 saturated heterocycles.